The van der Waals surface area contributed by atoms with Crippen LogP contribution in [0.2, 0.25) is 15.1 Å². The number of allylic oxidation sites excluding steroid dienone is 1. The molecule has 2 nitrogen and oxygen atoms in total. The van der Waals surface area contributed by atoms with Crippen molar-refractivity contribution in [2.75, 3.05) is 0 Å². The van der Waals surface area contributed by atoms with E-state index in [2.05, 4.69) is 0 Å². The zero-order valence-electron chi connectivity index (χ0n) is 14.3. The zero-order valence-corrected chi connectivity index (χ0v) is 16.6. The molecule has 0 saturated heterocycles. The molecule has 0 aliphatic carbocycles. The molecule has 12 heteroatoms. The molecule has 0 spiro atoms. The van der Waals surface area contributed by atoms with E-state index in [0.29, 0.717) is 12.1 Å². The Bertz CT molecular complexity index is 993. The molecule has 0 aliphatic heterocycles. The molecule has 30 heavy (non-hydrogen) atoms. The second kappa shape index (κ2) is 8.64. The van der Waals surface area contributed by atoms with Gasteiger partial charge in [0.2, 0.25) is 5.91 Å². The predicted molar refractivity (Wildman–Crippen MR) is 99.3 cm³/mol. The average Bonchev–Trinajstić information content (AvgIpc) is 2.61. The van der Waals surface area contributed by atoms with Gasteiger partial charge in [0.15, 0.2) is 0 Å². The maximum Gasteiger partial charge on any atom is 0.417 e. The van der Waals surface area contributed by atoms with Crippen molar-refractivity contribution in [2.24, 2.45) is 5.73 Å². The molecule has 0 heterocycles. The molecule has 1 amide bonds. The van der Waals surface area contributed by atoms with Gasteiger partial charge < -0.3 is 5.73 Å². The fourth-order valence-electron chi connectivity index (χ4n) is 2.52. The van der Waals surface area contributed by atoms with Gasteiger partial charge in [-0.1, -0.05) is 40.9 Å². The summed E-state index contributed by atoms with van der Waals surface area (Å²) in [6.45, 7) is 0. The maximum absolute atomic E-state index is 14.6. The Kier molecular flexibility index (Phi) is 7.00. The fraction of sp³-hybridized carbons (Fsp3) is 0.167. The van der Waals surface area contributed by atoms with Crippen LogP contribution >= 0.6 is 34.8 Å². The van der Waals surface area contributed by atoms with Gasteiger partial charge in [-0.25, -0.2) is 4.39 Å². The Morgan fingerprint density at radius 3 is 1.93 bits per heavy atom. The minimum Gasteiger partial charge on any atom is -0.366 e. The fourth-order valence-corrected chi connectivity index (χ4v) is 3.13. The van der Waals surface area contributed by atoms with Crippen LogP contribution in [-0.2, 0) is 6.18 Å². The predicted octanol–water partition coefficient (Wildman–Crippen LogP) is 7.42. The minimum absolute atomic E-state index is 0.0648. The molecule has 2 rings (SSSR count). The number of carbonyl (C=O) groups is 1. The second-order valence-electron chi connectivity index (χ2n) is 5.95. The van der Waals surface area contributed by atoms with Gasteiger partial charge in [-0.2, -0.15) is 26.3 Å². The van der Waals surface area contributed by atoms with Crippen LogP contribution in [-0.4, -0.2) is 12.1 Å². The third-order valence-electron chi connectivity index (χ3n) is 3.90. The van der Waals surface area contributed by atoms with E-state index < -0.39 is 52.3 Å². The van der Waals surface area contributed by atoms with E-state index >= 15 is 0 Å². The first-order chi connectivity index (χ1) is 13.6. The first-order valence-electron chi connectivity index (χ1n) is 7.72. The Hall–Kier alpha value is -1.97. The molecule has 1 unspecified atom stereocenters. The number of alkyl halides is 6. The quantitative estimate of drug-likeness (QED) is 0.349. The van der Waals surface area contributed by atoms with E-state index in [4.69, 9.17) is 40.5 Å². The van der Waals surface area contributed by atoms with E-state index in [9.17, 15) is 35.5 Å². The van der Waals surface area contributed by atoms with Gasteiger partial charge in [-0.15, -0.1) is 0 Å². The lowest BCUT2D eigenvalue weighted by Gasteiger charge is -2.19. The van der Waals surface area contributed by atoms with Crippen LogP contribution in [0, 0.1) is 0 Å². The molecule has 0 saturated carbocycles. The molecule has 0 bridgehead atoms. The summed E-state index contributed by atoms with van der Waals surface area (Å²) in [6.07, 6.45) is -10.1. The Balaban J connectivity index is 2.62. The molecular weight excluding hydrogens is 486 g/mol. The van der Waals surface area contributed by atoms with E-state index in [-0.39, 0.29) is 27.2 Å². The lowest BCUT2D eigenvalue weighted by atomic mass is 9.95. The molecule has 0 fully saturated rings. The summed E-state index contributed by atoms with van der Waals surface area (Å²) in [7, 11) is 0. The van der Waals surface area contributed by atoms with Crippen LogP contribution in [0.3, 0.4) is 0 Å². The normalized spacial score (nSPS) is 14.0. The van der Waals surface area contributed by atoms with Crippen LogP contribution in [0.4, 0.5) is 30.7 Å². The average molecular weight is 495 g/mol. The lowest BCUT2D eigenvalue weighted by Crippen LogP contribution is -2.20. The zero-order chi connectivity index (χ0) is 23.0. The summed E-state index contributed by atoms with van der Waals surface area (Å²) < 4.78 is 94.5. The molecule has 0 aromatic heterocycles. The van der Waals surface area contributed by atoms with Gasteiger partial charge in [0.25, 0.3) is 0 Å². The van der Waals surface area contributed by atoms with Crippen molar-refractivity contribution in [3.05, 3.63) is 73.7 Å². The third kappa shape index (κ3) is 5.39. The molecule has 0 aliphatic rings. The third-order valence-corrected chi connectivity index (χ3v) is 5.09. The minimum atomic E-state index is -5.10. The topological polar surface area (TPSA) is 43.1 Å². The van der Waals surface area contributed by atoms with Crippen molar-refractivity contribution in [3.8, 4) is 0 Å². The highest BCUT2D eigenvalue weighted by Crippen LogP contribution is 2.42. The van der Waals surface area contributed by atoms with Crippen molar-refractivity contribution in [1.29, 1.82) is 0 Å². The summed E-state index contributed by atoms with van der Waals surface area (Å²) >= 11 is 17.1. The van der Waals surface area contributed by atoms with Gasteiger partial charge >= 0.3 is 12.4 Å². The maximum atomic E-state index is 14.6. The van der Waals surface area contributed by atoms with Gasteiger partial charge in [-0.3, -0.25) is 4.79 Å². The summed E-state index contributed by atoms with van der Waals surface area (Å²) in [5.74, 6) is -5.66. The molecule has 2 aromatic carbocycles. The number of nitrogens with two attached hydrogens (primary N) is 1. The first kappa shape index (κ1) is 24.3. The summed E-state index contributed by atoms with van der Waals surface area (Å²) in [5.41, 5.74) is 0.896. The Morgan fingerprint density at radius 1 is 0.967 bits per heavy atom. The molecule has 2 aromatic rings. The molecule has 1 atom stereocenters. The highest BCUT2D eigenvalue weighted by Gasteiger charge is 2.41. The monoisotopic (exact) mass is 493 g/mol. The molecular formula is C18H9Cl3F7NO. The summed E-state index contributed by atoms with van der Waals surface area (Å²) in [4.78, 5) is 11.2. The van der Waals surface area contributed by atoms with Gasteiger partial charge in [0, 0.05) is 5.56 Å². The number of primary amides is 1. The number of hydrogen-bond donors (Lipinski definition) is 1. The van der Waals surface area contributed by atoms with Crippen LogP contribution in [0.25, 0.3) is 5.83 Å². The first-order valence-corrected chi connectivity index (χ1v) is 8.86. The summed E-state index contributed by atoms with van der Waals surface area (Å²) in [5, 5.41) is -0.871. The molecule has 162 valence electrons. The van der Waals surface area contributed by atoms with Crippen molar-refractivity contribution < 1.29 is 35.5 Å². The number of rotatable bonds is 4. The smallest absolute Gasteiger partial charge is 0.366 e. The van der Waals surface area contributed by atoms with Crippen molar-refractivity contribution in [3.63, 3.8) is 0 Å². The molecule has 2 N–H and O–H groups in total. The Labute approximate surface area is 180 Å². The van der Waals surface area contributed by atoms with Gasteiger partial charge in [0.05, 0.1) is 26.2 Å². The van der Waals surface area contributed by atoms with Crippen LogP contribution in [0.5, 0.6) is 0 Å². The van der Waals surface area contributed by atoms with Crippen molar-refractivity contribution in [1.82, 2.24) is 0 Å². The lowest BCUT2D eigenvalue weighted by molar-refractivity contribution is -0.140. The highest BCUT2D eigenvalue weighted by molar-refractivity contribution is 6.48. The summed E-state index contributed by atoms with van der Waals surface area (Å²) in [6, 6.07) is 3.11. The van der Waals surface area contributed by atoms with Crippen molar-refractivity contribution in [2.45, 2.75) is 18.3 Å². The van der Waals surface area contributed by atoms with E-state index in [1.54, 1.807) is 0 Å². The number of benzene rings is 2. The van der Waals surface area contributed by atoms with Gasteiger partial charge in [-0.05, 0) is 35.9 Å². The number of amides is 1. The van der Waals surface area contributed by atoms with E-state index in [1.165, 1.54) is 0 Å². The van der Waals surface area contributed by atoms with Crippen LogP contribution in [0.15, 0.2) is 36.4 Å². The van der Waals surface area contributed by atoms with E-state index in [1.807, 2.05) is 0 Å². The van der Waals surface area contributed by atoms with E-state index in [0.717, 1.165) is 12.1 Å². The Morgan fingerprint density at radius 2 is 1.50 bits per heavy atom. The number of halogens is 10. The van der Waals surface area contributed by atoms with Crippen molar-refractivity contribution >= 4 is 46.5 Å². The van der Waals surface area contributed by atoms with Gasteiger partial charge in [0.1, 0.15) is 11.7 Å². The largest absolute Gasteiger partial charge is 0.417 e. The second-order valence-corrected chi connectivity index (χ2v) is 7.15. The number of carbonyl (C=O) groups excluding carboxylic acids is 1. The standard InChI is InChI=1S/C18H9Cl3F7NO/c19-12-4-8(5-13(20)15(12)21)10(17(23,24)25)6-14(22)7-1-2-9(16(29)30)11(3-7)18(26,27)28/h1-6,10H,(H2,29,30)/b14-6-. The van der Waals surface area contributed by atoms with Crippen LogP contribution < -0.4 is 5.73 Å². The number of hydrogen-bond acceptors (Lipinski definition) is 1. The molecule has 0 radical (unpaired) electrons. The SMILES string of the molecule is NC(=O)c1ccc(/C(F)=C/C(c2cc(Cl)c(Cl)c(Cl)c2)C(F)(F)F)cc1C(F)(F)F. The van der Waals surface area contributed by atoms with Crippen LogP contribution in [0.1, 0.15) is 33.0 Å². The highest BCUT2D eigenvalue weighted by atomic mass is 35.5.